The van der Waals surface area contributed by atoms with E-state index in [1.807, 2.05) is 33.8 Å². The van der Waals surface area contributed by atoms with Crippen LogP contribution in [0.4, 0.5) is 0 Å². The van der Waals surface area contributed by atoms with E-state index in [0.717, 1.165) is 0 Å². The first-order valence-electron chi connectivity index (χ1n) is 7.24. The minimum atomic E-state index is -0.415. The number of amides is 1. The first kappa shape index (κ1) is 15.9. The summed E-state index contributed by atoms with van der Waals surface area (Å²) in [7, 11) is 0. The number of carbonyl (C=O) groups excluding carboxylic acids is 1. The van der Waals surface area contributed by atoms with Gasteiger partial charge in [-0.3, -0.25) is 14.6 Å². The summed E-state index contributed by atoms with van der Waals surface area (Å²) in [6, 6.07) is 8.62. The Hall–Kier alpha value is -2.43. The quantitative estimate of drug-likeness (QED) is 0.914. The second-order valence-corrected chi connectivity index (χ2v) is 6.39. The van der Waals surface area contributed by atoms with Crippen LogP contribution in [-0.4, -0.2) is 21.9 Å². The van der Waals surface area contributed by atoms with Gasteiger partial charge in [-0.05, 0) is 36.6 Å². The molecular weight excluding hydrogens is 278 g/mol. The Labute approximate surface area is 129 Å². The normalized spacial score (nSPS) is 12.7. The Kier molecular flexibility index (Phi) is 4.45. The maximum atomic E-state index is 12.2. The second-order valence-electron chi connectivity index (χ2n) is 6.39. The van der Waals surface area contributed by atoms with Gasteiger partial charge in [0.15, 0.2) is 0 Å². The second kappa shape index (κ2) is 6.13. The van der Waals surface area contributed by atoms with Crippen LogP contribution < -0.4 is 10.9 Å². The van der Waals surface area contributed by atoms with Crippen molar-refractivity contribution in [1.29, 1.82) is 0 Å². The van der Waals surface area contributed by atoms with Crippen molar-refractivity contribution in [3.05, 3.63) is 52.4 Å². The number of aromatic nitrogens is 2. The zero-order valence-electron chi connectivity index (χ0n) is 13.3. The number of H-pyrrole nitrogens is 1. The molecule has 0 aliphatic heterocycles. The lowest BCUT2D eigenvalue weighted by Gasteiger charge is -2.27. The lowest BCUT2D eigenvalue weighted by atomic mass is 9.88. The molecule has 5 nitrogen and oxygen atoms in total. The van der Waals surface area contributed by atoms with Gasteiger partial charge in [0.2, 0.25) is 0 Å². The van der Waals surface area contributed by atoms with Crippen molar-refractivity contribution in [1.82, 2.24) is 15.3 Å². The van der Waals surface area contributed by atoms with E-state index >= 15 is 0 Å². The summed E-state index contributed by atoms with van der Waals surface area (Å²) >= 11 is 0. The number of hydrogen-bond acceptors (Lipinski definition) is 3. The van der Waals surface area contributed by atoms with E-state index in [-0.39, 0.29) is 22.9 Å². The summed E-state index contributed by atoms with van der Waals surface area (Å²) in [5.41, 5.74) is 0.870. The number of nitrogens with zero attached hydrogens (tertiary/aromatic N) is 1. The fourth-order valence-electron chi connectivity index (χ4n) is 1.81. The molecule has 0 saturated heterocycles. The largest absolute Gasteiger partial charge is 0.349 e. The van der Waals surface area contributed by atoms with Crippen LogP contribution in [0.3, 0.4) is 0 Å². The summed E-state index contributed by atoms with van der Waals surface area (Å²) in [4.78, 5) is 31.2. The van der Waals surface area contributed by atoms with Gasteiger partial charge in [0.1, 0.15) is 5.56 Å². The molecule has 5 heteroatoms. The lowest BCUT2D eigenvalue weighted by Crippen LogP contribution is -2.43. The van der Waals surface area contributed by atoms with E-state index in [9.17, 15) is 9.59 Å². The predicted octanol–water partition coefficient (Wildman–Crippen LogP) is 2.60. The SMILES string of the molecule is C[C@@H](NC(=O)c1ccc(-c2ccccn2)[nH]c1=O)C(C)(C)C. The standard InChI is InChI=1S/C17H21N3O2/c1-11(17(2,3)4)19-15(21)12-8-9-14(20-16(12)22)13-7-5-6-10-18-13/h5-11H,1-4H3,(H,19,21)(H,20,22)/t11-/m1/s1. The van der Waals surface area contributed by atoms with Crippen molar-refractivity contribution < 1.29 is 4.79 Å². The molecule has 0 unspecified atom stereocenters. The average Bonchev–Trinajstić information content (AvgIpc) is 2.46. The highest BCUT2D eigenvalue weighted by Gasteiger charge is 2.23. The number of hydrogen-bond donors (Lipinski definition) is 2. The maximum Gasteiger partial charge on any atom is 0.261 e. The fraction of sp³-hybridized carbons (Fsp3) is 0.353. The van der Waals surface area contributed by atoms with Crippen LogP contribution in [0.1, 0.15) is 38.1 Å². The van der Waals surface area contributed by atoms with Gasteiger partial charge in [-0.25, -0.2) is 0 Å². The smallest absolute Gasteiger partial charge is 0.261 e. The van der Waals surface area contributed by atoms with Gasteiger partial charge < -0.3 is 10.3 Å². The van der Waals surface area contributed by atoms with Gasteiger partial charge in [0.05, 0.1) is 11.4 Å². The summed E-state index contributed by atoms with van der Waals surface area (Å²) < 4.78 is 0. The number of rotatable bonds is 3. The molecule has 1 amide bonds. The zero-order chi connectivity index (χ0) is 16.3. The molecule has 0 fully saturated rings. The van der Waals surface area contributed by atoms with Crippen molar-refractivity contribution in [2.45, 2.75) is 33.7 Å². The maximum absolute atomic E-state index is 12.2. The molecule has 2 aromatic rings. The minimum Gasteiger partial charge on any atom is -0.349 e. The van der Waals surface area contributed by atoms with Gasteiger partial charge >= 0.3 is 0 Å². The zero-order valence-corrected chi connectivity index (χ0v) is 13.3. The van der Waals surface area contributed by atoms with E-state index in [4.69, 9.17) is 0 Å². The Morgan fingerprint density at radius 1 is 1.23 bits per heavy atom. The van der Waals surface area contributed by atoms with E-state index in [0.29, 0.717) is 11.4 Å². The number of nitrogens with one attached hydrogen (secondary N) is 2. The minimum absolute atomic E-state index is 0.0464. The Balaban J connectivity index is 2.24. The van der Waals surface area contributed by atoms with Crippen LogP contribution in [0.2, 0.25) is 0 Å². The van der Waals surface area contributed by atoms with Crippen LogP contribution in [0.5, 0.6) is 0 Å². The number of aromatic amines is 1. The van der Waals surface area contributed by atoms with Gasteiger partial charge in [-0.2, -0.15) is 0 Å². The molecule has 0 aromatic carbocycles. The van der Waals surface area contributed by atoms with Crippen molar-refractivity contribution in [3.63, 3.8) is 0 Å². The summed E-state index contributed by atoms with van der Waals surface area (Å²) in [6.45, 7) is 8.03. The molecule has 0 bridgehead atoms. The lowest BCUT2D eigenvalue weighted by molar-refractivity contribution is 0.0908. The predicted molar refractivity (Wildman–Crippen MR) is 86.7 cm³/mol. The molecule has 0 aliphatic rings. The van der Waals surface area contributed by atoms with E-state index in [1.165, 1.54) is 6.07 Å². The van der Waals surface area contributed by atoms with Crippen molar-refractivity contribution in [2.75, 3.05) is 0 Å². The molecule has 1 atom stereocenters. The van der Waals surface area contributed by atoms with Gasteiger partial charge in [-0.1, -0.05) is 26.8 Å². The van der Waals surface area contributed by atoms with Gasteiger partial charge in [0, 0.05) is 12.2 Å². The highest BCUT2D eigenvalue weighted by Crippen LogP contribution is 2.18. The molecular formula is C17H21N3O2. The Morgan fingerprint density at radius 3 is 2.50 bits per heavy atom. The number of pyridine rings is 2. The molecule has 2 aromatic heterocycles. The highest BCUT2D eigenvalue weighted by atomic mass is 16.2. The number of carbonyl (C=O) groups is 1. The molecule has 0 spiro atoms. The monoisotopic (exact) mass is 299 g/mol. The van der Waals surface area contributed by atoms with Crippen molar-refractivity contribution in [2.24, 2.45) is 5.41 Å². The third-order valence-electron chi connectivity index (χ3n) is 3.74. The van der Waals surface area contributed by atoms with Crippen LogP contribution >= 0.6 is 0 Å². The highest BCUT2D eigenvalue weighted by molar-refractivity contribution is 5.94. The van der Waals surface area contributed by atoms with Gasteiger partial charge in [0.25, 0.3) is 11.5 Å². The molecule has 0 radical (unpaired) electrons. The topological polar surface area (TPSA) is 74.8 Å². The van der Waals surface area contributed by atoms with Crippen LogP contribution in [-0.2, 0) is 0 Å². The third kappa shape index (κ3) is 3.61. The molecule has 0 aliphatic carbocycles. The van der Waals surface area contributed by atoms with E-state index in [2.05, 4.69) is 15.3 Å². The summed E-state index contributed by atoms with van der Waals surface area (Å²) in [5.74, 6) is -0.365. The average molecular weight is 299 g/mol. The molecule has 22 heavy (non-hydrogen) atoms. The van der Waals surface area contributed by atoms with Crippen LogP contribution in [0.25, 0.3) is 11.4 Å². The van der Waals surface area contributed by atoms with Crippen molar-refractivity contribution in [3.8, 4) is 11.4 Å². The molecule has 116 valence electrons. The molecule has 2 heterocycles. The molecule has 2 rings (SSSR count). The van der Waals surface area contributed by atoms with Gasteiger partial charge in [-0.15, -0.1) is 0 Å². The Morgan fingerprint density at radius 2 is 1.95 bits per heavy atom. The summed E-state index contributed by atoms with van der Waals surface area (Å²) in [6.07, 6.45) is 1.65. The van der Waals surface area contributed by atoms with Crippen molar-refractivity contribution >= 4 is 5.91 Å². The Bertz CT molecular complexity index is 715. The molecule has 2 N–H and O–H groups in total. The van der Waals surface area contributed by atoms with Crippen LogP contribution in [0, 0.1) is 5.41 Å². The van der Waals surface area contributed by atoms with E-state index in [1.54, 1.807) is 24.4 Å². The van der Waals surface area contributed by atoms with Crippen LogP contribution in [0.15, 0.2) is 41.3 Å². The third-order valence-corrected chi connectivity index (χ3v) is 3.74. The van der Waals surface area contributed by atoms with E-state index < -0.39 is 5.56 Å². The summed E-state index contributed by atoms with van der Waals surface area (Å²) in [5, 5.41) is 2.86. The first-order chi connectivity index (χ1) is 10.3. The first-order valence-corrected chi connectivity index (χ1v) is 7.24. The molecule has 0 saturated carbocycles. The fourth-order valence-corrected chi connectivity index (χ4v) is 1.81.